The van der Waals surface area contributed by atoms with E-state index in [0.29, 0.717) is 0 Å². The van der Waals surface area contributed by atoms with Gasteiger partial charge in [-0.1, -0.05) is 12.8 Å². The lowest BCUT2D eigenvalue weighted by Crippen LogP contribution is -1.98. The van der Waals surface area contributed by atoms with Crippen LogP contribution in [0.25, 0.3) is 11.1 Å². The summed E-state index contributed by atoms with van der Waals surface area (Å²) < 4.78 is 5.72. The molecule has 0 atom stereocenters. The van der Waals surface area contributed by atoms with Gasteiger partial charge in [0.25, 0.3) is 0 Å². The Morgan fingerprint density at radius 3 is 2.94 bits per heavy atom. The topological polar surface area (TPSA) is 52.0 Å². The number of oxazole rings is 1. The van der Waals surface area contributed by atoms with Crippen molar-refractivity contribution in [1.29, 1.82) is 0 Å². The monoisotopic (exact) mass is 216 g/mol. The highest BCUT2D eigenvalue weighted by Crippen LogP contribution is 2.29. The van der Waals surface area contributed by atoms with Crippen molar-refractivity contribution in [1.82, 2.24) is 4.98 Å². The van der Waals surface area contributed by atoms with Crippen LogP contribution in [0.1, 0.15) is 31.6 Å². The van der Waals surface area contributed by atoms with Crippen molar-refractivity contribution in [3.05, 3.63) is 24.1 Å². The van der Waals surface area contributed by atoms with Crippen molar-refractivity contribution in [2.75, 3.05) is 5.73 Å². The maximum atomic E-state index is 5.72. The second-order valence-corrected chi connectivity index (χ2v) is 4.69. The van der Waals surface area contributed by atoms with Gasteiger partial charge in [0.1, 0.15) is 5.52 Å². The highest BCUT2D eigenvalue weighted by Gasteiger charge is 2.18. The summed E-state index contributed by atoms with van der Waals surface area (Å²) in [6.07, 6.45) is 6.34. The van der Waals surface area contributed by atoms with Crippen LogP contribution in [0.4, 0.5) is 5.69 Å². The van der Waals surface area contributed by atoms with E-state index in [1.54, 1.807) is 0 Å². The number of aromatic nitrogens is 1. The number of fused-ring (bicyclic) bond motifs is 1. The van der Waals surface area contributed by atoms with Crippen LogP contribution in [0, 0.1) is 5.92 Å². The van der Waals surface area contributed by atoms with Crippen molar-refractivity contribution < 1.29 is 4.42 Å². The molecule has 3 nitrogen and oxygen atoms in total. The molecule has 0 radical (unpaired) electrons. The average Bonchev–Trinajstić information content (AvgIpc) is 2.86. The van der Waals surface area contributed by atoms with Gasteiger partial charge in [0, 0.05) is 12.1 Å². The molecule has 2 N–H and O–H groups in total. The van der Waals surface area contributed by atoms with Gasteiger partial charge in [-0.05, 0) is 37.0 Å². The van der Waals surface area contributed by atoms with Crippen LogP contribution in [-0.4, -0.2) is 4.98 Å². The Bertz CT molecular complexity index is 498. The van der Waals surface area contributed by atoms with E-state index < -0.39 is 0 Å². The molecule has 84 valence electrons. The fourth-order valence-corrected chi connectivity index (χ4v) is 2.54. The maximum Gasteiger partial charge on any atom is 0.195 e. The lowest BCUT2D eigenvalue weighted by atomic mass is 10.0. The normalized spacial score (nSPS) is 17.2. The predicted molar refractivity (Wildman–Crippen MR) is 64.1 cm³/mol. The van der Waals surface area contributed by atoms with Gasteiger partial charge in [0.05, 0.1) is 0 Å². The Hall–Kier alpha value is -1.51. The Kier molecular flexibility index (Phi) is 2.31. The molecule has 0 amide bonds. The second-order valence-electron chi connectivity index (χ2n) is 4.69. The van der Waals surface area contributed by atoms with E-state index in [4.69, 9.17) is 10.2 Å². The number of nitrogens with zero attached hydrogens (tertiary/aromatic N) is 1. The van der Waals surface area contributed by atoms with Crippen LogP contribution in [0.5, 0.6) is 0 Å². The van der Waals surface area contributed by atoms with Crippen molar-refractivity contribution in [2.24, 2.45) is 5.92 Å². The molecule has 16 heavy (non-hydrogen) atoms. The van der Waals surface area contributed by atoms with Gasteiger partial charge < -0.3 is 10.2 Å². The van der Waals surface area contributed by atoms with E-state index in [0.717, 1.165) is 35.0 Å². The number of hydrogen-bond acceptors (Lipinski definition) is 3. The molecule has 0 aliphatic heterocycles. The minimum Gasteiger partial charge on any atom is -0.441 e. The van der Waals surface area contributed by atoms with E-state index in [2.05, 4.69) is 4.98 Å². The van der Waals surface area contributed by atoms with Gasteiger partial charge in [0.15, 0.2) is 11.5 Å². The maximum absolute atomic E-state index is 5.72. The molecule has 1 saturated carbocycles. The van der Waals surface area contributed by atoms with Gasteiger partial charge in [-0.2, -0.15) is 0 Å². The first-order chi connectivity index (χ1) is 7.81. The summed E-state index contributed by atoms with van der Waals surface area (Å²) in [6.45, 7) is 0. The molecular weight excluding hydrogens is 200 g/mol. The lowest BCUT2D eigenvalue weighted by Gasteiger charge is -2.03. The first-order valence-electron chi connectivity index (χ1n) is 5.96. The largest absolute Gasteiger partial charge is 0.441 e. The van der Waals surface area contributed by atoms with Gasteiger partial charge >= 0.3 is 0 Å². The summed E-state index contributed by atoms with van der Waals surface area (Å²) >= 11 is 0. The third kappa shape index (κ3) is 1.77. The first-order valence-corrected chi connectivity index (χ1v) is 5.96. The van der Waals surface area contributed by atoms with E-state index >= 15 is 0 Å². The third-order valence-corrected chi connectivity index (χ3v) is 3.39. The fourth-order valence-electron chi connectivity index (χ4n) is 2.54. The molecule has 0 unspecified atom stereocenters. The Morgan fingerprint density at radius 2 is 2.12 bits per heavy atom. The van der Waals surface area contributed by atoms with E-state index in [-0.39, 0.29) is 0 Å². The molecule has 0 bridgehead atoms. The molecule has 3 rings (SSSR count). The molecule has 1 aromatic heterocycles. The molecule has 0 spiro atoms. The van der Waals surface area contributed by atoms with E-state index in [9.17, 15) is 0 Å². The minimum atomic E-state index is 0.744. The van der Waals surface area contributed by atoms with Crippen LogP contribution in [0.3, 0.4) is 0 Å². The molecule has 1 fully saturated rings. The standard InChI is InChI=1S/C13H16N2O/c14-10-5-6-12-11(8-10)15-13(16-12)7-9-3-1-2-4-9/h5-6,8-9H,1-4,7,14H2. The molecule has 1 heterocycles. The summed E-state index contributed by atoms with van der Waals surface area (Å²) in [7, 11) is 0. The number of benzene rings is 1. The molecule has 1 aliphatic rings. The van der Waals surface area contributed by atoms with Crippen molar-refractivity contribution >= 4 is 16.8 Å². The zero-order valence-corrected chi connectivity index (χ0v) is 9.28. The molecule has 0 saturated heterocycles. The molecule has 1 aliphatic carbocycles. The minimum absolute atomic E-state index is 0.744. The number of anilines is 1. The summed E-state index contributed by atoms with van der Waals surface area (Å²) in [4.78, 5) is 4.49. The van der Waals surface area contributed by atoms with Gasteiger partial charge in [-0.15, -0.1) is 0 Å². The Morgan fingerprint density at radius 1 is 1.31 bits per heavy atom. The van der Waals surface area contributed by atoms with Crippen molar-refractivity contribution in [3.63, 3.8) is 0 Å². The van der Waals surface area contributed by atoms with Gasteiger partial charge in [-0.3, -0.25) is 0 Å². The SMILES string of the molecule is Nc1ccc2oc(CC3CCCC3)nc2c1. The first kappa shape index (κ1) is 9.70. The predicted octanol–water partition coefficient (Wildman–Crippen LogP) is 3.14. The number of hydrogen-bond donors (Lipinski definition) is 1. The Balaban J connectivity index is 1.86. The molecule has 2 aromatic rings. The Labute approximate surface area is 94.7 Å². The quantitative estimate of drug-likeness (QED) is 0.784. The molecule has 1 aromatic carbocycles. The van der Waals surface area contributed by atoms with Crippen LogP contribution in [-0.2, 0) is 6.42 Å². The third-order valence-electron chi connectivity index (χ3n) is 3.39. The van der Waals surface area contributed by atoms with Gasteiger partial charge in [-0.25, -0.2) is 4.98 Å². The second kappa shape index (κ2) is 3.81. The summed E-state index contributed by atoms with van der Waals surface area (Å²) in [5.41, 5.74) is 8.19. The zero-order valence-electron chi connectivity index (χ0n) is 9.28. The number of nitrogen functional groups attached to an aromatic ring is 1. The van der Waals surface area contributed by atoms with E-state index in [1.165, 1.54) is 25.7 Å². The number of rotatable bonds is 2. The fraction of sp³-hybridized carbons (Fsp3) is 0.462. The van der Waals surface area contributed by atoms with Crippen LogP contribution < -0.4 is 5.73 Å². The van der Waals surface area contributed by atoms with Crippen LogP contribution in [0.2, 0.25) is 0 Å². The zero-order chi connectivity index (χ0) is 11.0. The van der Waals surface area contributed by atoms with Crippen molar-refractivity contribution in [2.45, 2.75) is 32.1 Å². The van der Waals surface area contributed by atoms with Crippen molar-refractivity contribution in [3.8, 4) is 0 Å². The summed E-state index contributed by atoms with van der Waals surface area (Å²) in [5, 5.41) is 0. The van der Waals surface area contributed by atoms with Crippen LogP contribution in [0.15, 0.2) is 22.6 Å². The molecule has 3 heteroatoms. The van der Waals surface area contributed by atoms with Crippen LogP contribution >= 0.6 is 0 Å². The van der Waals surface area contributed by atoms with E-state index in [1.807, 2.05) is 18.2 Å². The molecular formula is C13H16N2O. The smallest absolute Gasteiger partial charge is 0.195 e. The number of nitrogens with two attached hydrogens (primary N) is 1. The lowest BCUT2D eigenvalue weighted by molar-refractivity contribution is 0.448. The van der Waals surface area contributed by atoms with Gasteiger partial charge in [0.2, 0.25) is 0 Å². The summed E-state index contributed by atoms with van der Waals surface area (Å²) in [5.74, 6) is 1.64. The highest BCUT2D eigenvalue weighted by atomic mass is 16.3. The average molecular weight is 216 g/mol. The summed E-state index contributed by atoms with van der Waals surface area (Å²) in [6, 6.07) is 5.62. The highest BCUT2D eigenvalue weighted by molar-refractivity contribution is 5.76.